The summed E-state index contributed by atoms with van der Waals surface area (Å²) in [5, 5.41) is 23.6. The van der Waals surface area contributed by atoms with E-state index in [0.29, 0.717) is 38.3 Å². The maximum Gasteiger partial charge on any atom is 0.214 e. The Kier molecular flexibility index (Phi) is 7.38. The van der Waals surface area contributed by atoms with Crippen molar-refractivity contribution in [2.45, 2.75) is 13.0 Å². The van der Waals surface area contributed by atoms with Gasteiger partial charge in [-0.15, -0.1) is 0 Å². The monoisotopic (exact) mass is 594 g/mol. The fourth-order valence-corrected chi connectivity index (χ4v) is 4.47. The van der Waals surface area contributed by atoms with E-state index < -0.39 is 18.5 Å². The highest BCUT2D eigenvalue weighted by molar-refractivity contribution is 9.10. The lowest BCUT2D eigenvalue weighted by Crippen LogP contribution is -2.21. The van der Waals surface area contributed by atoms with E-state index in [4.69, 9.17) is 20.3 Å². The van der Waals surface area contributed by atoms with Gasteiger partial charge in [-0.05, 0) is 76.9 Å². The molecule has 0 aliphatic rings. The van der Waals surface area contributed by atoms with Crippen LogP contribution in [0.25, 0.3) is 16.6 Å². The van der Waals surface area contributed by atoms with Crippen molar-refractivity contribution in [3.63, 3.8) is 0 Å². The molecule has 2 heterocycles. The number of aryl methyl sites for hydroxylation is 1. The number of carbonyl (C=O) groups excluding carboxylic acids is 1. The Balaban J connectivity index is 1.38. The Morgan fingerprint density at radius 3 is 2.69 bits per heavy atom. The van der Waals surface area contributed by atoms with Crippen molar-refractivity contribution in [2.75, 3.05) is 18.9 Å². The first-order chi connectivity index (χ1) is 18.7. The molecule has 0 spiro atoms. The molecule has 0 radical (unpaired) electrons. The standard InChI is InChI=1S/C28H24BrFN4O5/c1-15-8-17(6-7-24(15)39-25-5-3-2-4-21(25)30)34-28(31)19(12-32-34)27(37)23-9-16-10-26(38-14-18(36)13-35)20(29)11-22(16)33-23/h2-12,18,33,35-36H,13-14,31H2,1H3. The Morgan fingerprint density at radius 2 is 1.95 bits per heavy atom. The summed E-state index contributed by atoms with van der Waals surface area (Å²) in [5.74, 6) is 0.396. The molecule has 39 heavy (non-hydrogen) atoms. The highest BCUT2D eigenvalue weighted by Crippen LogP contribution is 2.33. The normalized spacial score (nSPS) is 12.0. The molecule has 3 aromatic carbocycles. The average molecular weight is 595 g/mol. The van der Waals surface area contributed by atoms with Gasteiger partial charge >= 0.3 is 0 Å². The molecule has 0 bridgehead atoms. The van der Waals surface area contributed by atoms with Gasteiger partial charge in [-0.25, -0.2) is 9.07 Å². The lowest BCUT2D eigenvalue weighted by atomic mass is 10.1. The third kappa shape index (κ3) is 5.37. The Labute approximate surface area is 230 Å². The minimum absolute atomic E-state index is 0.0811. The topological polar surface area (TPSA) is 136 Å². The van der Waals surface area contributed by atoms with Crippen LogP contribution in [0.4, 0.5) is 10.2 Å². The van der Waals surface area contributed by atoms with Crippen molar-refractivity contribution < 1.29 is 28.9 Å². The largest absolute Gasteiger partial charge is 0.490 e. The molecule has 11 heteroatoms. The highest BCUT2D eigenvalue weighted by Gasteiger charge is 2.21. The van der Waals surface area contributed by atoms with Crippen LogP contribution in [0.5, 0.6) is 17.2 Å². The van der Waals surface area contributed by atoms with E-state index >= 15 is 0 Å². The number of nitrogens with one attached hydrogen (secondary N) is 1. The van der Waals surface area contributed by atoms with Crippen molar-refractivity contribution >= 4 is 38.4 Å². The second-order valence-corrected chi connectivity index (χ2v) is 9.72. The van der Waals surface area contributed by atoms with Crippen molar-refractivity contribution in [2.24, 2.45) is 0 Å². The molecule has 0 amide bonds. The molecule has 5 N–H and O–H groups in total. The Morgan fingerprint density at radius 1 is 1.15 bits per heavy atom. The van der Waals surface area contributed by atoms with Crippen molar-refractivity contribution in [1.29, 1.82) is 0 Å². The molecule has 200 valence electrons. The number of hydrogen-bond acceptors (Lipinski definition) is 7. The van der Waals surface area contributed by atoms with Crippen molar-refractivity contribution in [3.05, 3.63) is 94.0 Å². The van der Waals surface area contributed by atoms with Crippen LogP contribution in [0, 0.1) is 12.7 Å². The van der Waals surface area contributed by atoms with Gasteiger partial charge in [0, 0.05) is 10.9 Å². The number of nitrogens with zero attached hydrogens (tertiary/aromatic N) is 2. The zero-order chi connectivity index (χ0) is 27.7. The number of aromatic nitrogens is 3. The third-order valence-corrected chi connectivity index (χ3v) is 6.69. The third-order valence-electron chi connectivity index (χ3n) is 6.07. The van der Waals surface area contributed by atoms with Crippen molar-refractivity contribution in [3.8, 4) is 22.9 Å². The van der Waals surface area contributed by atoms with Gasteiger partial charge in [0.1, 0.15) is 30.0 Å². The van der Waals surface area contributed by atoms with Gasteiger partial charge in [0.05, 0.1) is 34.2 Å². The number of aliphatic hydroxyl groups is 2. The van der Waals surface area contributed by atoms with E-state index in [1.165, 1.54) is 16.9 Å². The van der Waals surface area contributed by atoms with Gasteiger partial charge in [0.25, 0.3) is 0 Å². The van der Waals surface area contributed by atoms with E-state index in [9.17, 15) is 14.3 Å². The number of nitrogen functional groups attached to an aromatic ring is 1. The summed E-state index contributed by atoms with van der Waals surface area (Å²) in [6, 6.07) is 16.5. The lowest BCUT2D eigenvalue weighted by molar-refractivity contribution is 0.0534. The molecule has 0 saturated carbocycles. The molecule has 0 fully saturated rings. The quantitative estimate of drug-likeness (QED) is 0.178. The number of halogens is 2. The number of aromatic amines is 1. The number of hydrogen-bond donors (Lipinski definition) is 4. The number of nitrogens with two attached hydrogens (primary N) is 1. The predicted molar refractivity (Wildman–Crippen MR) is 147 cm³/mol. The number of ketones is 1. The van der Waals surface area contributed by atoms with Gasteiger partial charge in [-0.2, -0.15) is 5.10 Å². The van der Waals surface area contributed by atoms with Gasteiger partial charge in [-0.3, -0.25) is 4.79 Å². The zero-order valence-electron chi connectivity index (χ0n) is 20.7. The number of carbonyl (C=O) groups is 1. The number of benzene rings is 3. The SMILES string of the molecule is Cc1cc(-n2ncc(C(=O)c3cc4cc(OCC(O)CO)c(Br)cc4[nH]3)c2N)ccc1Oc1ccccc1F. The molecule has 5 rings (SSSR count). The molecule has 5 aromatic rings. The fourth-order valence-electron chi connectivity index (χ4n) is 4.01. The summed E-state index contributed by atoms with van der Waals surface area (Å²) in [5.41, 5.74) is 8.89. The van der Waals surface area contributed by atoms with Gasteiger partial charge < -0.3 is 30.4 Å². The van der Waals surface area contributed by atoms with E-state index in [1.54, 1.807) is 54.6 Å². The molecular weight excluding hydrogens is 571 g/mol. The van der Waals surface area contributed by atoms with Gasteiger partial charge in [0.15, 0.2) is 11.6 Å². The number of anilines is 1. The van der Waals surface area contributed by atoms with E-state index in [-0.39, 0.29) is 29.5 Å². The number of ether oxygens (including phenoxy) is 2. The molecule has 9 nitrogen and oxygen atoms in total. The summed E-state index contributed by atoms with van der Waals surface area (Å²) in [6.45, 7) is 1.32. The van der Waals surface area contributed by atoms with E-state index in [2.05, 4.69) is 26.0 Å². The van der Waals surface area contributed by atoms with Crippen molar-refractivity contribution in [1.82, 2.24) is 14.8 Å². The maximum absolute atomic E-state index is 14.0. The van der Waals surface area contributed by atoms with Crippen LogP contribution in [-0.4, -0.2) is 50.1 Å². The lowest BCUT2D eigenvalue weighted by Gasteiger charge is -2.12. The Hall–Kier alpha value is -4.19. The first-order valence-electron chi connectivity index (χ1n) is 11.9. The van der Waals surface area contributed by atoms with Crippen LogP contribution >= 0.6 is 15.9 Å². The highest BCUT2D eigenvalue weighted by atomic mass is 79.9. The maximum atomic E-state index is 14.0. The number of aliphatic hydroxyl groups excluding tert-OH is 2. The van der Waals surface area contributed by atoms with Crippen LogP contribution in [0.15, 0.2) is 71.3 Å². The van der Waals surface area contributed by atoms with Crippen LogP contribution in [0.3, 0.4) is 0 Å². The molecule has 0 saturated heterocycles. The van der Waals surface area contributed by atoms with Crippen LogP contribution in [-0.2, 0) is 0 Å². The summed E-state index contributed by atoms with van der Waals surface area (Å²) >= 11 is 3.42. The summed E-state index contributed by atoms with van der Waals surface area (Å²) in [7, 11) is 0. The summed E-state index contributed by atoms with van der Waals surface area (Å²) in [4.78, 5) is 16.4. The number of para-hydroxylation sites is 1. The number of fused-ring (bicyclic) bond motifs is 1. The predicted octanol–water partition coefficient (Wildman–Crippen LogP) is 4.90. The molecule has 2 aromatic heterocycles. The Bertz CT molecular complexity index is 1680. The molecular formula is C28H24BrFN4O5. The summed E-state index contributed by atoms with van der Waals surface area (Å²) < 4.78 is 27.3. The van der Waals surface area contributed by atoms with E-state index in [1.807, 2.05) is 6.92 Å². The number of H-pyrrole nitrogens is 1. The zero-order valence-corrected chi connectivity index (χ0v) is 22.3. The first-order valence-corrected chi connectivity index (χ1v) is 12.7. The van der Waals surface area contributed by atoms with Crippen LogP contribution < -0.4 is 15.2 Å². The van der Waals surface area contributed by atoms with Crippen LogP contribution in [0.2, 0.25) is 0 Å². The van der Waals surface area contributed by atoms with Gasteiger partial charge in [0.2, 0.25) is 5.78 Å². The molecule has 0 aliphatic carbocycles. The van der Waals surface area contributed by atoms with Gasteiger partial charge in [-0.1, -0.05) is 12.1 Å². The smallest absolute Gasteiger partial charge is 0.214 e. The number of rotatable bonds is 9. The minimum Gasteiger partial charge on any atom is -0.490 e. The fraction of sp³-hybridized carbons (Fsp3) is 0.143. The second kappa shape index (κ2) is 10.9. The minimum atomic E-state index is -1.00. The van der Waals surface area contributed by atoms with E-state index in [0.717, 1.165) is 5.56 Å². The average Bonchev–Trinajstić information content (AvgIpc) is 3.52. The molecule has 1 unspecified atom stereocenters. The van der Waals surface area contributed by atoms with Crippen LogP contribution in [0.1, 0.15) is 21.6 Å². The first kappa shape index (κ1) is 26.4. The molecule has 1 atom stereocenters. The second-order valence-electron chi connectivity index (χ2n) is 8.87. The molecule has 0 aliphatic heterocycles. The summed E-state index contributed by atoms with van der Waals surface area (Å²) in [6.07, 6.45) is 0.401.